The standard InChI is InChI=1S/C21H26O4/c1-21(2,3)25-20(22)14-19(15-6-10-17(23-4)11-7-15)16-8-12-18(24-5)13-9-16/h6-13,19H,14H2,1-5H3. The van der Waals surface area contributed by atoms with E-state index in [4.69, 9.17) is 14.2 Å². The van der Waals surface area contributed by atoms with E-state index >= 15 is 0 Å². The first-order valence-electron chi connectivity index (χ1n) is 8.32. The van der Waals surface area contributed by atoms with Gasteiger partial charge in [0.15, 0.2) is 0 Å². The van der Waals surface area contributed by atoms with Crippen molar-refractivity contribution in [3.8, 4) is 11.5 Å². The maximum atomic E-state index is 12.4. The maximum absolute atomic E-state index is 12.4. The molecule has 0 aliphatic rings. The Morgan fingerprint density at radius 2 is 1.24 bits per heavy atom. The first-order chi connectivity index (χ1) is 11.8. The highest BCUT2D eigenvalue weighted by atomic mass is 16.6. The number of carbonyl (C=O) groups excluding carboxylic acids is 1. The van der Waals surface area contributed by atoms with Crippen LogP contribution in [0.4, 0.5) is 0 Å². The lowest BCUT2D eigenvalue weighted by molar-refractivity contribution is -0.155. The average Bonchev–Trinajstić information content (AvgIpc) is 2.58. The summed E-state index contributed by atoms with van der Waals surface area (Å²) in [5.74, 6) is 1.26. The molecule has 0 spiro atoms. The topological polar surface area (TPSA) is 44.8 Å². The van der Waals surface area contributed by atoms with Crippen molar-refractivity contribution in [3.63, 3.8) is 0 Å². The zero-order valence-electron chi connectivity index (χ0n) is 15.5. The van der Waals surface area contributed by atoms with Gasteiger partial charge in [-0.05, 0) is 56.2 Å². The van der Waals surface area contributed by atoms with Crippen LogP contribution in [0.25, 0.3) is 0 Å². The summed E-state index contributed by atoms with van der Waals surface area (Å²) in [6, 6.07) is 15.6. The summed E-state index contributed by atoms with van der Waals surface area (Å²) in [5.41, 5.74) is 1.58. The lowest BCUT2D eigenvalue weighted by atomic mass is 9.88. The van der Waals surface area contributed by atoms with Gasteiger partial charge in [0.2, 0.25) is 0 Å². The van der Waals surface area contributed by atoms with Gasteiger partial charge < -0.3 is 14.2 Å². The third-order valence-corrected chi connectivity index (χ3v) is 3.83. The molecule has 0 N–H and O–H groups in total. The van der Waals surface area contributed by atoms with Gasteiger partial charge in [-0.3, -0.25) is 4.79 Å². The van der Waals surface area contributed by atoms with Crippen LogP contribution in [0.15, 0.2) is 48.5 Å². The summed E-state index contributed by atoms with van der Waals surface area (Å²) in [7, 11) is 3.27. The van der Waals surface area contributed by atoms with E-state index in [0.717, 1.165) is 22.6 Å². The first-order valence-corrected chi connectivity index (χ1v) is 8.32. The maximum Gasteiger partial charge on any atom is 0.307 e. The van der Waals surface area contributed by atoms with Crippen molar-refractivity contribution in [2.75, 3.05) is 14.2 Å². The summed E-state index contributed by atoms with van der Waals surface area (Å²) in [4.78, 5) is 12.4. The fourth-order valence-corrected chi connectivity index (χ4v) is 2.65. The van der Waals surface area contributed by atoms with Crippen molar-refractivity contribution in [2.24, 2.45) is 0 Å². The molecule has 0 atom stereocenters. The lowest BCUT2D eigenvalue weighted by Crippen LogP contribution is -2.25. The Kier molecular flexibility index (Phi) is 6.07. The smallest absolute Gasteiger partial charge is 0.307 e. The Labute approximate surface area is 149 Å². The van der Waals surface area contributed by atoms with Crippen LogP contribution in [0.5, 0.6) is 11.5 Å². The van der Waals surface area contributed by atoms with Gasteiger partial charge >= 0.3 is 5.97 Å². The predicted octanol–water partition coefficient (Wildman–Crippen LogP) is 4.57. The molecule has 4 nitrogen and oxygen atoms in total. The van der Waals surface area contributed by atoms with E-state index in [1.807, 2.05) is 69.3 Å². The molecule has 0 saturated carbocycles. The van der Waals surface area contributed by atoms with Crippen molar-refractivity contribution >= 4 is 5.97 Å². The highest BCUT2D eigenvalue weighted by molar-refractivity contribution is 5.72. The molecule has 25 heavy (non-hydrogen) atoms. The van der Waals surface area contributed by atoms with Gasteiger partial charge in [-0.1, -0.05) is 24.3 Å². The highest BCUT2D eigenvalue weighted by Crippen LogP contribution is 2.31. The second-order valence-corrected chi connectivity index (χ2v) is 6.89. The van der Waals surface area contributed by atoms with Gasteiger partial charge in [0.25, 0.3) is 0 Å². The third-order valence-electron chi connectivity index (χ3n) is 3.83. The van der Waals surface area contributed by atoms with Gasteiger partial charge in [-0.25, -0.2) is 0 Å². The van der Waals surface area contributed by atoms with E-state index in [2.05, 4.69) is 0 Å². The molecule has 0 aliphatic carbocycles. The quantitative estimate of drug-likeness (QED) is 0.722. The van der Waals surface area contributed by atoms with E-state index < -0.39 is 5.60 Å². The second-order valence-electron chi connectivity index (χ2n) is 6.89. The fraction of sp³-hybridized carbons (Fsp3) is 0.381. The molecule has 0 bridgehead atoms. The minimum atomic E-state index is -0.499. The van der Waals surface area contributed by atoms with Crippen LogP contribution in [-0.4, -0.2) is 25.8 Å². The van der Waals surface area contributed by atoms with Crippen LogP contribution in [0, 0.1) is 0 Å². The molecule has 2 aromatic rings. The van der Waals surface area contributed by atoms with Crippen molar-refractivity contribution in [2.45, 2.75) is 38.7 Å². The molecule has 0 amide bonds. The van der Waals surface area contributed by atoms with Crippen molar-refractivity contribution < 1.29 is 19.0 Å². The average molecular weight is 342 g/mol. The predicted molar refractivity (Wildman–Crippen MR) is 98.3 cm³/mol. The van der Waals surface area contributed by atoms with Crippen molar-refractivity contribution in [3.05, 3.63) is 59.7 Å². The van der Waals surface area contributed by atoms with Crippen LogP contribution < -0.4 is 9.47 Å². The Morgan fingerprint density at radius 1 is 0.840 bits per heavy atom. The summed E-state index contributed by atoms with van der Waals surface area (Å²) >= 11 is 0. The number of benzene rings is 2. The van der Waals surface area contributed by atoms with E-state index in [0.29, 0.717) is 0 Å². The second kappa shape index (κ2) is 8.06. The van der Waals surface area contributed by atoms with E-state index in [1.165, 1.54) is 0 Å². The molecule has 0 aromatic heterocycles. The zero-order valence-corrected chi connectivity index (χ0v) is 15.5. The summed E-state index contributed by atoms with van der Waals surface area (Å²) in [6.45, 7) is 5.63. The molecule has 2 rings (SSSR count). The normalized spacial score (nSPS) is 11.3. The summed E-state index contributed by atoms with van der Waals surface area (Å²) < 4.78 is 16.0. The Morgan fingerprint density at radius 3 is 1.56 bits per heavy atom. The third kappa shape index (κ3) is 5.52. The minimum Gasteiger partial charge on any atom is -0.497 e. The van der Waals surface area contributed by atoms with E-state index in [9.17, 15) is 4.79 Å². The first kappa shape index (κ1) is 18.8. The summed E-state index contributed by atoms with van der Waals surface area (Å²) in [5, 5.41) is 0. The van der Waals surface area contributed by atoms with Crippen LogP contribution >= 0.6 is 0 Å². The molecule has 134 valence electrons. The van der Waals surface area contributed by atoms with Crippen LogP contribution in [0.1, 0.15) is 44.2 Å². The highest BCUT2D eigenvalue weighted by Gasteiger charge is 2.23. The monoisotopic (exact) mass is 342 g/mol. The molecule has 0 heterocycles. The number of carbonyl (C=O) groups is 1. The van der Waals surface area contributed by atoms with Gasteiger partial charge in [0.05, 0.1) is 20.6 Å². The Balaban J connectivity index is 2.30. The molecule has 4 heteroatoms. The molecular formula is C21H26O4. The molecule has 0 fully saturated rings. The number of methoxy groups -OCH3 is 2. The SMILES string of the molecule is COc1ccc(C(CC(=O)OC(C)(C)C)c2ccc(OC)cc2)cc1. The Bertz CT molecular complexity index is 634. The van der Waals surface area contributed by atoms with Crippen LogP contribution in [0.2, 0.25) is 0 Å². The van der Waals surface area contributed by atoms with Gasteiger partial charge in [-0.2, -0.15) is 0 Å². The van der Waals surface area contributed by atoms with Crippen LogP contribution in [0.3, 0.4) is 0 Å². The number of ether oxygens (including phenoxy) is 3. The molecule has 0 aliphatic heterocycles. The zero-order chi connectivity index (χ0) is 18.4. The van der Waals surface area contributed by atoms with E-state index in [1.54, 1.807) is 14.2 Å². The largest absolute Gasteiger partial charge is 0.497 e. The van der Waals surface area contributed by atoms with Gasteiger partial charge in [-0.15, -0.1) is 0 Å². The fourth-order valence-electron chi connectivity index (χ4n) is 2.65. The molecule has 0 saturated heterocycles. The van der Waals surface area contributed by atoms with Gasteiger partial charge in [0.1, 0.15) is 17.1 Å². The molecule has 2 aromatic carbocycles. The van der Waals surface area contributed by atoms with Crippen LogP contribution in [-0.2, 0) is 9.53 Å². The molecule has 0 radical (unpaired) electrons. The van der Waals surface area contributed by atoms with Gasteiger partial charge in [0, 0.05) is 5.92 Å². The molecular weight excluding hydrogens is 316 g/mol. The summed E-state index contributed by atoms with van der Waals surface area (Å²) in [6.07, 6.45) is 0.274. The van der Waals surface area contributed by atoms with Crippen molar-refractivity contribution in [1.82, 2.24) is 0 Å². The Hall–Kier alpha value is -2.49. The lowest BCUT2D eigenvalue weighted by Gasteiger charge is -2.23. The van der Waals surface area contributed by atoms with E-state index in [-0.39, 0.29) is 18.3 Å². The number of hydrogen-bond donors (Lipinski definition) is 0. The molecule has 0 unspecified atom stereocenters. The number of rotatable bonds is 6. The number of esters is 1. The minimum absolute atomic E-state index is 0.0911. The van der Waals surface area contributed by atoms with Crippen molar-refractivity contribution in [1.29, 1.82) is 0 Å². The number of hydrogen-bond acceptors (Lipinski definition) is 4.